The maximum Gasteiger partial charge on any atom is 0.339 e. The number of carboxylic acid groups (broad SMARTS) is 1. The predicted octanol–water partition coefficient (Wildman–Crippen LogP) is 3.71. The quantitative estimate of drug-likeness (QED) is 0.283. The van der Waals surface area contributed by atoms with Crippen LogP contribution in [0.3, 0.4) is 0 Å². The van der Waals surface area contributed by atoms with Crippen molar-refractivity contribution in [1.82, 2.24) is 0 Å². The van der Waals surface area contributed by atoms with E-state index in [9.17, 15) is 23.3 Å². The third-order valence-corrected chi connectivity index (χ3v) is 5.76. The molecule has 0 aliphatic heterocycles. The molecule has 0 fully saturated rings. The van der Waals surface area contributed by atoms with E-state index in [4.69, 9.17) is 14.0 Å². The van der Waals surface area contributed by atoms with Crippen molar-refractivity contribution in [2.75, 3.05) is 12.4 Å². The summed E-state index contributed by atoms with van der Waals surface area (Å²) in [7, 11) is -2.59. The minimum Gasteiger partial charge on any atom is -0.497 e. The molecular formula is C24H18N2O7S. The number of aromatic carboxylic acids is 1. The van der Waals surface area contributed by atoms with Gasteiger partial charge in [0.25, 0.3) is 5.91 Å². The van der Waals surface area contributed by atoms with Crippen LogP contribution in [0.4, 0.5) is 5.69 Å². The first kappa shape index (κ1) is 24.0. The van der Waals surface area contributed by atoms with E-state index in [0.29, 0.717) is 17.0 Å². The normalized spacial score (nSPS) is 11.2. The highest BCUT2D eigenvalue weighted by molar-refractivity contribution is 7.87. The Balaban J connectivity index is 1.70. The van der Waals surface area contributed by atoms with E-state index in [-0.39, 0.29) is 21.8 Å². The van der Waals surface area contributed by atoms with Crippen LogP contribution in [-0.2, 0) is 14.9 Å². The molecule has 0 saturated heterocycles. The number of carbonyl (C=O) groups is 2. The van der Waals surface area contributed by atoms with Crippen LogP contribution in [0.5, 0.6) is 11.5 Å². The van der Waals surface area contributed by atoms with Crippen LogP contribution in [0.15, 0.2) is 83.3 Å². The molecule has 3 rings (SSSR count). The summed E-state index contributed by atoms with van der Waals surface area (Å²) in [5, 5.41) is 20.8. The number of nitriles is 1. The summed E-state index contributed by atoms with van der Waals surface area (Å²) >= 11 is 0. The average molecular weight is 478 g/mol. The lowest BCUT2D eigenvalue weighted by Crippen LogP contribution is -2.13. The van der Waals surface area contributed by atoms with Gasteiger partial charge in [0.05, 0.1) is 12.7 Å². The number of hydrogen-bond acceptors (Lipinski definition) is 7. The van der Waals surface area contributed by atoms with Gasteiger partial charge in [-0.05, 0) is 72.3 Å². The topological polar surface area (TPSA) is 143 Å². The lowest BCUT2D eigenvalue weighted by atomic mass is 10.1. The average Bonchev–Trinajstić information content (AvgIpc) is 2.83. The molecule has 3 aromatic carbocycles. The molecule has 0 atom stereocenters. The van der Waals surface area contributed by atoms with Crippen molar-refractivity contribution >= 4 is 33.8 Å². The first-order valence-corrected chi connectivity index (χ1v) is 11.1. The monoisotopic (exact) mass is 478 g/mol. The van der Waals surface area contributed by atoms with Crippen LogP contribution in [-0.4, -0.2) is 32.5 Å². The highest BCUT2D eigenvalue weighted by atomic mass is 32.2. The Morgan fingerprint density at radius 2 is 1.53 bits per heavy atom. The van der Waals surface area contributed by atoms with Crippen LogP contribution in [0.25, 0.3) is 6.08 Å². The molecule has 0 aliphatic rings. The predicted molar refractivity (Wildman–Crippen MR) is 123 cm³/mol. The molecular weight excluding hydrogens is 460 g/mol. The lowest BCUT2D eigenvalue weighted by Gasteiger charge is -2.08. The minimum absolute atomic E-state index is 0.0444. The number of nitrogens with zero attached hydrogens (tertiary/aromatic N) is 1. The molecule has 3 aromatic rings. The number of nitrogens with one attached hydrogen (secondary N) is 1. The summed E-state index contributed by atoms with van der Waals surface area (Å²) in [6.45, 7) is 0. The number of benzene rings is 3. The molecule has 0 unspecified atom stereocenters. The van der Waals surface area contributed by atoms with Gasteiger partial charge >= 0.3 is 16.1 Å². The van der Waals surface area contributed by atoms with E-state index >= 15 is 0 Å². The van der Waals surface area contributed by atoms with Crippen molar-refractivity contribution in [2.24, 2.45) is 0 Å². The molecule has 172 valence electrons. The standard InChI is InChI=1S/C24H18N2O7S/c1-32-20-10-12-22(13-11-20)34(30,31)33-21-8-2-16(3-9-21)14-18(15-25)23(27)26-19-6-4-17(5-7-19)24(28)29/h2-14H,1H3,(H,26,27)(H,28,29). The van der Waals surface area contributed by atoms with E-state index < -0.39 is 22.0 Å². The summed E-state index contributed by atoms with van der Waals surface area (Å²) in [5.41, 5.74) is 0.637. The summed E-state index contributed by atoms with van der Waals surface area (Å²) < 4.78 is 35.0. The van der Waals surface area contributed by atoms with Crippen molar-refractivity contribution in [1.29, 1.82) is 5.26 Å². The first-order valence-electron chi connectivity index (χ1n) is 9.67. The van der Waals surface area contributed by atoms with Crippen LogP contribution in [0, 0.1) is 11.3 Å². The second kappa shape index (κ2) is 10.3. The van der Waals surface area contributed by atoms with Gasteiger partial charge in [0, 0.05) is 5.69 Å². The maximum atomic E-state index is 12.4. The minimum atomic E-state index is -4.06. The molecule has 0 spiro atoms. The zero-order valence-corrected chi connectivity index (χ0v) is 18.6. The Kier molecular flexibility index (Phi) is 7.30. The zero-order valence-electron chi connectivity index (χ0n) is 17.8. The van der Waals surface area contributed by atoms with Crippen LogP contribution >= 0.6 is 0 Å². The number of rotatable bonds is 8. The summed E-state index contributed by atoms with van der Waals surface area (Å²) in [5.74, 6) is -1.23. The Hall–Kier alpha value is -4.62. The second-order valence-electron chi connectivity index (χ2n) is 6.79. The SMILES string of the molecule is COc1ccc(S(=O)(=O)Oc2ccc(C=C(C#N)C(=O)Nc3ccc(C(=O)O)cc3)cc2)cc1. The van der Waals surface area contributed by atoms with E-state index in [1.807, 2.05) is 0 Å². The number of carbonyl (C=O) groups excluding carboxylic acids is 1. The number of hydrogen-bond donors (Lipinski definition) is 2. The smallest absolute Gasteiger partial charge is 0.339 e. The van der Waals surface area contributed by atoms with E-state index in [1.165, 1.54) is 86.0 Å². The van der Waals surface area contributed by atoms with Gasteiger partial charge in [-0.1, -0.05) is 12.1 Å². The number of amides is 1. The number of carboxylic acids is 1. The third-order valence-electron chi connectivity index (χ3n) is 4.50. The fraction of sp³-hybridized carbons (Fsp3) is 0.0417. The van der Waals surface area contributed by atoms with Crippen molar-refractivity contribution < 1.29 is 32.0 Å². The Morgan fingerprint density at radius 3 is 2.06 bits per heavy atom. The molecule has 1 amide bonds. The first-order chi connectivity index (χ1) is 16.2. The van der Waals surface area contributed by atoms with Crippen LogP contribution in [0.1, 0.15) is 15.9 Å². The molecule has 34 heavy (non-hydrogen) atoms. The Labute approximate surface area is 195 Å². The number of methoxy groups -OCH3 is 1. The zero-order chi connectivity index (χ0) is 24.7. The highest BCUT2D eigenvalue weighted by Gasteiger charge is 2.17. The van der Waals surface area contributed by atoms with Gasteiger partial charge in [-0.3, -0.25) is 4.79 Å². The lowest BCUT2D eigenvalue weighted by molar-refractivity contribution is -0.112. The van der Waals surface area contributed by atoms with E-state index in [1.54, 1.807) is 6.07 Å². The van der Waals surface area contributed by atoms with E-state index in [0.717, 1.165) is 0 Å². The van der Waals surface area contributed by atoms with Gasteiger partial charge in [-0.25, -0.2) is 4.79 Å². The molecule has 9 nitrogen and oxygen atoms in total. The van der Waals surface area contributed by atoms with Crippen LogP contribution in [0.2, 0.25) is 0 Å². The largest absolute Gasteiger partial charge is 0.497 e. The molecule has 0 aromatic heterocycles. The van der Waals surface area contributed by atoms with Crippen molar-refractivity contribution in [2.45, 2.75) is 4.90 Å². The maximum absolute atomic E-state index is 12.4. The van der Waals surface area contributed by atoms with Gasteiger partial charge in [0.2, 0.25) is 0 Å². The fourth-order valence-electron chi connectivity index (χ4n) is 2.75. The van der Waals surface area contributed by atoms with Gasteiger partial charge in [-0.2, -0.15) is 13.7 Å². The van der Waals surface area contributed by atoms with Gasteiger partial charge in [0.1, 0.15) is 28.0 Å². The Morgan fingerprint density at radius 1 is 0.941 bits per heavy atom. The fourth-order valence-corrected chi connectivity index (χ4v) is 3.68. The Bertz CT molecular complexity index is 1370. The van der Waals surface area contributed by atoms with Crippen molar-refractivity contribution in [3.05, 3.63) is 89.5 Å². The van der Waals surface area contributed by atoms with Gasteiger partial charge < -0.3 is 19.3 Å². The van der Waals surface area contributed by atoms with Crippen LogP contribution < -0.4 is 14.2 Å². The molecule has 0 aliphatic carbocycles. The summed E-state index contributed by atoms with van der Waals surface area (Å²) in [6, 6.07) is 18.8. The number of ether oxygens (including phenoxy) is 1. The van der Waals surface area contributed by atoms with Gasteiger partial charge in [0.15, 0.2) is 0 Å². The van der Waals surface area contributed by atoms with Crippen molar-refractivity contribution in [3.8, 4) is 17.6 Å². The molecule has 2 N–H and O–H groups in total. The third kappa shape index (κ3) is 5.99. The second-order valence-corrected chi connectivity index (χ2v) is 8.33. The van der Waals surface area contributed by atoms with Gasteiger partial charge in [-0.15, -0.1) is 0 Å². The highest BCUT2D eigenvalue weighted by Crippen LogP contribution is 2.22. The van der Waals surface area contributed by atoms with E-state index in [2.05, 4.69) is 5.32 Å². The summed E-state index contributed by atoms with van der Waals surface area (Å²) in [6.07, 6.45) is 1.32. The molecule has 0 heterocycles. The molecule has 0 bridgehead atoms. The van der Waals surface area contributed by atoms with Crippen molar-refractivity contribution in [3.63, 3.8) is 0 Å². The number of anilines is 1. The molecule has 10 heteroatoms. The molecule has 0 radical (unpaired) electrons. The molecule has 0 saturated carbocycles. The summed E-state index contributed by atoms with van der Waals surface area (Å²) in [4.78, 5) is 23.3.